The van der Waals surface area contributed by atoms with Gasteiger partial charge in [0.1, 0.15) is 0 Å². The summed E-state index contributed by atoms with van der Waals surface area (Å²) in [6.45, 7) is 1.98. The number of amides is 2. The highest BCUT2D eigenvalue weighted by Crippen LogP contribution is 2.39. The van der Waals surface area contributed by atoms with Crippen molar-refractivity contribution in [2.75, 3.05) is 25.1 Å². The molecule has 5 rings (SSSR count). The Bertz CT molecular complexity index is 1090. The number of nitrogens with one attached hydrogen (secondary N) is 1. The molecule has 2 aliphatic heterocycles. The highest BCUT2D eigenvalue weighted by atomic mass is 32.1. The summed E-state index contributed by atoms with van der Waals surface area (Å²) in [5.74, 6) is 1.37. The number of ether oxygens (including phenoxy) is 2. The first kappa shape index (κ1) is 19.7. The molecule has 1 atom stereocenters. The van der Waals surface area contributed by atoms with Crippen molar-refractivity contribution in [2.24, 2.45) is 0 Å². The maximum Gasteiger partial charge on any atom is 0.291 e. The molecule has 1 aromatic carbocycles. The summed E-state index contributed by atoms with van der Waals surface area (Å²) in [5, 5.41) is 3.39. The maximum absolute atomic E-state index is 13.3. The van der Waals surface area contributed by atoms with Crippen molar-refractivity contribution in [3.63, 3.8) is 0 Å². The van der Waals surface area contributed by atoms with E-state index in [9.17, 15) is 9.59 Å². The van der Waals surface area contributed by atoms with Gasteiger partial charge in [0.15, 0.2) is 17.3 Å². The largest absolute Gasteiger partial charge is 0.490 e. The van der Waals surface area contributed by atoms with E-state index < -0.39 is 0 Å². The van der Waals surface area contributed by atoms with Crippen LogP contribution in [0, 0.1) is 0 Å². The van der Waals surface area contributed by atoms with Gasteiger partial charge in [-0.1, -0.05) is 6.07 Å². The first-order valence-corrected chi connectivity index (χ1v) is 11.2. The molecule has 0 saturated carbocycles. The summed E-state index contributed by atoms with van der Waals surface area (Å²) < 4.78 is 16.7. The van der Waals surface area contributed by atoms with Crippen molar-refractivity contribution in [2.45, 2.75) is 25.3 Å². The number of anilines is 1. The summed E-state index contributed by atoms with van der Waals surface area (Å²) in [4.78, 5) is 27.9. The second-order valence-corrected chi connectivity index (χ2v) is 8.59. The van der Waals surface area contributed by atoms with Gasteiger partial charge in [0.2, 0.25) is 0 Å². The molecule has 1 N–H and O–H groups in total. The third-order valence-corrected chi connectivity index (χ3v) is 6.46. The average molecular weight is 439 g/mol. The lowest BCUT2D eigenvalue weighted by Gasteiger charge is -2.25. The van der Waals surface area contributed by atoms with Crippen LogP contribution in [0.25, 0.3) is 0 Å². The molecule has 3 aromatic rings. The summed E-state index contributed by atoms with van der Waals surface area (Å²) in [5.41, 5.74) is 1.05. The summed E-state index contributed by atoms with van der Waals surface area (Å²) in [7, 11) is 0. The van der Waals surface area contributed by atoms with Gasteiger partial charge in [-0.2, -0.15) is 0 Å². The quantitative estimate of drug-likeness (QED) is 0.637. The monoisotopic (exact) mass is 438 g/mol. The van der Waals surface area contributed by atoms with Crippen LogP contribution in [-0.4, -0.2) is 36.5 Å². The Kier molecular flexibility index (Phi) is 5.38. The van der Waals surface area contributed by atoms with Gasteiger partial charge in [0, 0.05) is 13.0 Å². The molecule has 0 bridgehead atoms. The molecule has 2 amide bonds. The predicted octanol–water partition coefficient (Wildman–Crippen LogP) is 4.73. The fourth-order valence-electron chi connectivity index (χ4n) is 3.99. The van der Waals surface area contributed by atoms with E-state index in [0.29, 0.717) is 29.6 Å². The molecule has 2 aliphatic rings. The number of thiophene rings is 1. The summed E-state index contributed by atoms with van der Waals surface area (Å²) >= 11 is 1.27. The topological polar surface area (TPSA) is 81.0 Å². The van der Waals surface area contributed by atoms with E-state index in [1.165, 1.54) is 17.6 Å². The van der Waals surface area contributed by atoms with E-state index in [4.69, 9.17) is 13.9 Å². The molecular formula is C23H22N2O5S. The van der Waals surface area contributed by atoms with E-state index in [0.717, 1.165) is 36.3 Å². The number of rotatable bonds is 4. The van der Waals surface area contributed by atoms with Gasteiger partial charge in [0.25, 0.3) is 11.8 Å². The van der Waals surface area contributed by atoms with Crippen LogP contribution in [-0.2, 0) is 0 Å². The number of likely N-dealkylation sites (tertiary alicyclic amines) is 1. The van der Waals surface area contributed by atoms with Crippen LogP contribution in [0.2, 0.25) is 0 Å². The fraction of sp³-hybridized carbons (Fsp3) is 0.304. The first-order valence-electron chi connectivity index (χ1n) is 10.3. The number of carbonyl (C=O) groups excluding carboxylic acids is 2. The number of benzene rings is 1. The smallest absolute Gasteiger partial charge is 0.291 e. The number of carbonyl (C=O) groups is 2. The van der Waals surface area contributed by atoms with Gasteiger partial charge in [-0.05, 0) is 54.8 Å². The highest BCUT2D eigenvalue weighted by Gasteiger charge is 2.32. The minimum Gasteiger partial charge on any atom is -0.490 e. The minimum absolute atomic E-state index is 0.00656. The van der Waals surface area contributed by atoms with E-state index >= 15 is 0 Å². The van der Waals surface area contributed by atoms with Gasteiger partial charge in [-0.25, -0.2) is 0 Å². The number of hydrogen-bond acceptors (Lipinski definition) is 6. The normalized spacial score (nSPS) is 17.9. The van der Waals surface area contributed by atoms with Crippen LogP contribution in [0.3, 0.4) is 0 Å². The molecular weight excluding hydrogens is 416 g/mol. The number of nitrogens with zero attached hydrogens (tertiary/aromatic N) is 1. The molecule has 0 radical (unpaired) electrons. The number of fused-ring (bicyclic) bond motifs is 1. The van der Waals surface area contributed by atoms with Crippen molar-refractivity contribution < 1.29 is 23.5 Å². The molecule has 4 heterocycles. The van der Waals surface area contributed by atoms with Crippen LogP contribution in [0.5, 0.6) is 11.5 Å². The van der Waals surface area contributed by atoms with E-state index in [2.05, 4.69) is 5.32 Å². The summed E-state index contributed by atoms with van der Waals surface area (Å²) in [6.07, 6.45) is 4.15. The Balaban J connectivity index is 1.32. The van der Waals surface area contributed by atoms with Crippen LogP contribution >= 0.6 is 11.3 Å². The SMILES string of the molecule is O=C(Nc1ccc(C(=O)N2CCC[C@H]2c2ccc3c(c2)OCCCO3)s1)c1ccco1. The second-order valence-electron chi connectivity index (χ2n) is 7.51. The van der Waals surface area contributed by atoms with Crippen molar-refractivity contribution in [3.8, 4) is 11.5 Å². The lowest BCUT2D eigenvalue weighted by atomic mass is 10.0. The number of hydrogen-bond donors (Lipinski definition) is 1. The maximum atomic E-state index is 13.3. The van der Waals surface area contributed by atoms with Gasteiger partial charge in [-0.3, -0.25) is 9.59 Å². The Morgan fingerprint density at radius 1 is 1.03 bits per heavy atom. The zero-order chi connectivity index (χ0) is 21.2. The molecule has 2 aromatic heterocycles. The minimum atomic E-state index is -0.336. The molecule has 160 valence electrons. The molecule has 0 unspecified atom stereocenters. The van der Waals surface area contributed by atoms with Crippen LogP contribution in [0.4, 0.5) is 5.00 Å². The molecule has 1 fully saturated rings. The van der Waals surface area contributed by atoms with E-state index in [1.54, 1.807) is 24.3 Å². The lowest BCUT2D eigenvalue weighted by molar-refractivity contribution is 0.0740. The fourth-order valence-corrected chi connectivity index (χ4v) is 4.84. The summed E-state index contributed by atoms with van der Waals surface area (Å²) in [6, 6.07) is 12.7. The predicted molar refractivity (Wildman–Crippen MR) is 116 cm³/mol. The Hall–Kier alpha value is -3.26. The van der Waals surface area contributed by atoms with E-state index in [1.807, 2.05) is 23.1 Å². The van der Waals surface area contributed by atoms with Gasteiger partial charge >= 0.3 is 0 Å². The van der Waals surface area contributed by atoms with Gasteiger partial charge < -0.3 is 24.1 Å². The third kappa shape index (κ3) is 4.03. The number of furan rings is 1. The highest BCUT2D eigenvalue weighted by molar-refractivity contribution is 7.18. The van der Waals surface area contributed by atoms with Crippen LogP contribution < -0.4 is 14.8 Å². The standard InChI is InChI=1S/C23H22N2O5S/c26-22(18-5-2-11-29-18)24-21-9-8-20(31-21)23(27)25-10-1-4-16(25)15-6-7-17-19(14-15)30-13-3-12-28-17/h2,5-9,11,14,16H,1,3-4,10,12-13H2,(H,24,26)/t16-/m0/s1. The van der Waals surface area contributed by atoms with E-state index in [-0.39, 0.29) is 23.6 Å². The molecule has 8 heteroatoms. The third-order valence-electron chi connectivity index (χ3n) is 5.47. The molecule has 7 nitrogen and oxygen atoms in total. The second kappa shape index (κ2) is 8.47. The van der Waals surface area contributed by atoms with Crippen LogP contribution in [0.1, 0.15) is 51.1 Å². The lowest BCUT2D eigenvalue weighted by Crippen LogP contribution is -2.30. The van der Waals surface area contributed by atoms with Crippen molar-refractivity contribution in [1.82, 2.24) is 4.90 Å². The Morgan fingerprint density at radius 3 is 2.74 bits per heavy atom. The molecule has 0 aliphatic carbocycles. The van der Waals surface area contributed by atoms with Gasteiger partial charge in [-0.15, -0.1) is 11.3 Å². The molecule has 0 spiro atoms. The Morgan fingerprint density at radius 2 is 1.90 bits per heavy atom. The van der Waals surface area contributed by atoms with Crippen molar-refractivity contribution in [1.29, 1.82) is 0 Å². The zero-order valence-corrected chi connectivity index (χ0v) is 17.7. The van der Waals surface area contributed by atoms with Gasteiger partial charge in [0.05, 0.1) is 35.4 Å². The van der Waals surface area contributed by atoms with Crippen molar-refractivity contribution in [3.05, 3.63) is 64.9 Å². The zero-order valence-electron chi connectivity index (χ0n) is 16.8. The Labute approximate surface area is 183 Å². The molecule has 31 heavy (non-hydrogen) atoms. The van der Waals surface area contributed by atoms with Crippen molar-refractivity contribution >= 4 is 28.2 Å². The molecule has 1 saturated heterocycles. The van der Waals surface area contributed by atoms with Crippen LogP contribution in [0.15, 0.2) is 53.1 Å². The first-order chi connectivity index (χ1) is 15.2. The average Bonchev–Trinajstić information content (AvgIpc) is 3.53.